The molecule has 4 nitrogen and oxygen atoms in total. The van der Waals surface area contributed by atoms with Crippen molar-refractivity contribution in [1.82, 2.24) is 0 Å². The van der Waals surface area contributed by atoms with E-state index >= 15 is 4.39 Å². The van der Waals surface area contributed by atoms with Gasteiger partial charge in [-0.1, -0.05) is 38.1 Å². The maximum Gasteiger partial charge on any atom is 0.303 e. The Kier molecular flexibility index (Phi) is 7.43. The van der Waals surface area contributed by atoms with Crippen LogP contribution in [0.2, 0.25) is 0 Å². The summed E-state index contributed by atoms with van der Waals surface area (Å²) in [7, 11) is 1.49. The van der Waals surface area contributed by atoms with Gasteiger partial charge in [-0.15, -0.1) is 0 Å². The summed E-state index contributed by atoms with van der Waals surface area (Å²) in [5.41, 5.74) is 3.15. The summed E-state index contributed by atoms with van der Waals surface area (Å²) in [6.07, 6.45) is 4.20. The van der Waals surface area contributed by atoms with Gasteiger partial charge < -0.3 is 14.6 Å². The van der Waals surface area contributed by atoms with E-state index in [0.717, 1.165) is 24.0 Å². The predicted octanol–water partition coefficient (Wildman–Crippen LogP) is 7.44. The van der Waals surface area contributed by atoms with Crippen molar-refractivity contribution in [1.29, 1.82) is 0 Å². The monoisotopic (exact) mass is 492 g/mol. The lowest BCUT2D eigenvalue weighted by Crippen LogP contribution is -2.11. The van der Waals surface area contributed by atoms with Crippen LogP contribution in [0.3, 0.4) is 0 Å². The molecule has 0 atom stereocenters. The van der Waals surface area contributed by atoms with Crippen molar-refractivity contribution in [3.63, 3.8) is 0 Å². The third-order valence-corrected chi connectivity index (χ3v) is 6.71. The smallest absolute Gasteiger partial charge is 0.303 e. The normalized spacial score (nSPS) is 14.4. The molecule has 1 N–H and O–H groups in total. The van der Waals surface area contributed by atoms with Gasteiger partial charge in [0.05, 0.1) is 7.11 Å². The summed E-state index contributed by atoms with van der Waals surface area (Å²) in [6, 6.07) is 14.8. The molecule has 36 heavy (non-hydrogen) atoms. The van der Waals surface area contributed by atoms with E-state index in [4.69, 9.17) is 14.6 Å². The van der Waals surface area contributed by atoms with Gasteiger partial charge in [0.1, 0.15) is 29.7 Å². The first kappa shape index (κ1) is 25.4. The molecule has 0 amide bonds. The molecule has 0 aromatic heterocycles. The molecule has 4 rings (SSSR count). The quantitative estimate of drug-likeness (QED) is 0.337. The fourth-order valence-electron chi connectivity index (χ4n) is 4.77. The Hall–Kier alpha value is -3.67. The number of halogens is 2. The number of allylic oxidation sites excluding steroid dienone is 2. The van der Waals surface area contributed by atoms with Gasteiger partial charge in [-0.3, -0.25) is 4.79 Å². The molecule has 1 aliphatic rings. The van der Waals surface area contributed by atoms with E-state index in [1.165, 1.54) is 31.4 Å². The number of carbonyl (C=O) groups is 1. The van der Waals surface area contributed by atoms with Gasteiger partial charge in [0, 0.05) is 17.5 Å². The molecule has 0 aliphatic heterocycles. The van der Waals surface area contributed by atoms with Crippen LogP contribution in [0.25, 0.3) is 16.7 Å². The average molecular weight is 493 g/mol. The number of hydrogen-bond donors (Lipinski definition) is 1. The number of aryl methyl sites for hydroxylation is 1. The third-order valence-electron chi connectivity index (χ3n) is 6.71. The van der Waals surface area contributed by atoms with E-state index in [2.05, 4.69) is 19.9 Å². The molecule has 0 saturated heterocycles. The number of carboxylic acid groups (broad SMARTS) is 1. The second-order valence-electron chi connectivity index (χ2n) is 9.68. The Morgan fingerprint density at radius 3 is 2.50 bits per heavy atom. The zero-order valence-corrected chi connectivity index (χ0v) is 20.7. The summed E-state index contributed by atoms with van der Waals surface area (Å²) in [5, 5.41) is 9.03. The minimum absolute atomic E-state index is 0.0107. The first-order valence-electron chi connectivity index (χ1n) is 12.0. The van der Waals surface area contributed by atoms with Crippen molar-refractivity contribution in [3.05, 3.63) is 89.0 Å². The van der Waals surface area contributed by atoms with Crippen LogP contribution in [0, 0.1) is 17.0 Å². The first-order chi connectivity index (χ1) is 17.2. The number of hydrogen-bond acceptors (Lipinski definition) is 3. The molecule has 1 aliphatic carbocycles. The zero-order chi connectivity index (χ0) is 25.9. The Morgan fingerprint density at radius 2 is 1.81 bits per heavy atom. The van der Waals surface area contributed by atoms with Crippen molar-refractivity contribution >= 4 is 11.5 Å². The molecule has 0 saturated carbocycles. The average Bonchev–Trinajstić information content (AvgIpc) is 3.20. The summed E-state index contributed by atoms with van der Waals surface area (Å²) in [6.45, 7) is 4.30. The molecule has 188 valence electrons. The molecule has 0 fully saturated rings. The summed E-state index contributed by atoms with van der Waals surface area (Å²) < 4.78 is 42.0. The fraction of sp³-hybridized carbons (Fsp3) is 0.300. The first-order valence-corrected chi connectivity index (χ1v) is 12.0. The van der Waals surface area contributed by atoms with Crippen molar-refractivity contribution in [3.8, 4) is 22.6 Å². The second-order valence-corrected chi connectivity index (χ2v) is 9.68. The van der Waals surface area contributed by atoms with E-state index in [0.29, 0.717) is 29.0 Å². The lowest BCUT2D eigenvalue weighted by Gasteiger charge is -2.26. The summed E-state index contributed by atoms with van der Waals surface area (Å²) in [5.74, 6) is -0.945. The molecule has 3 aromatic carbocycles. The molecule has 3 aromatic rings. The van der Waals surface area contributed by atoms with E-state index in [9.17, 15) is 9.18 Å². The topological polar surface area (TPSA) is 55.8 Å². The number of rotatable bonds is 9. The number of benzene rings is 3. The van der Waals surface area contributed by atoms with E-state index < -0.39 is 17.6 Å². The Labute approximate surface area is 210 Å². The maximum atomic E-state index is 15.8. The Balaban J connectivity index is 1.74. The van der Waals surface area contributed by atoms with E-state index in [-0.39, 0.29) is 29.6 Å². The number of ether oxygens (including phenoxy) is 2. The number of carboxylic acids is 1. The highest BCUT2D eigenvalue weighted by Crippen LogP contribution is 2.48. The molecule has 0 radical (unpaired) electrons. The summed E-state index contributed by atoms with van der Waals surface area (Å²) in [4.78, 5) is 11.0. The number of para-hydroxylation sites is 1. The van der Waals surface area contributed by atoms with Crippen LogP contribution in [0.1, 0.15) is 49.8 Å². The van der Waals surface area contributed by atoms with E-state index in [1.807, 2.05) is 24.3 Å². The summed E-state index contributed by atoms with van der Waals surface area (Å²) >= 11 is 0. The lowest BCUT2D eigenvalue weighted by molar-refractivity contribution is -0.136. The van der Waals surface area contributed by atoms with Crippen LogP contribution in [0.15, 0.2) is 60.7 Å². The van der Waals surface area contributed by atoms with Gasteiger partial charge in [0.15, 0.2) is 0 Å². The Morgan fingerprint density at radius 1 is 1.03 bits per heavy atom. The van der Waals surface area contributed by atoms with E-state index in [1.54, 1.807) is 6.07 Å². The number of methoxy groups -OCH3 is 1. The standard InChI is InChI=1S/C30H30F2O4/c1-30(2)14-6-8-24(30)22-15-19(18-36-27-9-5-4-7-20(27)10-13-28(33)34)16-26(32)29(22)23-17-21(35-3)11-12-25(23)31/h4-5,7-9,11-12,15-17H,6,10,13-14,18H2,1-3H3,(H,33,34). The highest BCUT2D eigenvalue weighted by atomic mass is 19.1. The minimum Gasteiger partial charge on any atom is -0.497 e. The van der Waals surface area contributed by atoms with Gasteiger partial charge in [-0.2, -0.15) is 0 Å². The minimum atomic E-state index is -0.885. The van der Waals surface area contributed by atoms with Gasteiger partial charge in [0.2, 0.25) is 0 Å². The van der Waals surface area contributed by atoms with Crippen molar-refractivity contribution in [2.24, 2.45) is 5.41 Å². The molecular weight excluding hydrogens is 462 g/mol. The van der Waals surface area contributed by atoms with Crippen molar-refractivity contribution < 1.29 is 28.2 Å². The molecule has 6 heteroatoms. The zero-order valence-electron chi connectivity index (χ0n) is 20.7. The molecular formula is C30H30F2O4. The molecule has 0 spiro atoms. The highest BCUT2D eigenvalue weighted by molar-refractivity contribution is 5.85. The third kappa shape index (κ3) is 5.43. The van der Waals surface area contributed by atoms with Gasteiger partial charge >= 0.3 is 5.97 Å². The maximum absolute atomic E-state index is 15.8. The highest BCUT2D eigenvalue weighted by Gasteiger charge is 2.31. The second kappa shape index (κ2) is 10.5. The lowest BCUT2D eigenvalue weighted by atomic mass is 9.79. The molecule has 0 bridgehead atoms. The van der Waals surface area contributed by atoms with Crippen LogP contribution >= 0.6 is 0 Å². The van der Waals surface area contributed by atoms with Crippen LogP contribution in [0.4, 0.5) is 8.78 Å². The van der Waals surface area contributed by atoms with Crippen molar-refractivity contribution in [2.75, 3.05) is 7.11 Å². The van der Waals surface area contributed by atoms with Gasteiger partial charge in [0.25, 0.3) is 0 Å². The number of aliphatic carboxylic acids is 1. The predicted molar refractivity (Wildman–Crippen MR) is 136 cm³/mol. The van der Waals surface area contributed by atoms with Crippen LogP contribution in [-0.4, -0.2) is 18.2 Å². The van der Waals surface area contributed by atoms with Crippen LogP contribution in [0.5, 0.6) is 11.5 Å². The van der Waals surface area contributed by atoms with Crippen LogP contribution < -0.4 is 9.47 Å². The molecule has 0 unspecified atom stereocenters. The Bertz CT molecular complexity index is 1310. The van der Waals surface area contributed by atoms with Crippen LogP contribution in [-0.2, 0) is 17.8 Å². The van der Waals surface area contributed by atoms with Crippen molar-refractivity contribution in [2.45, 2.75) is 46.1 Å². The van der Waals surface area contributed by atoms with Gasteiger partial charge in [-0.25, -0.2) is 8.78 Å². The fourth-order valence-corrected chi connectivity index (χ4v) is 4.77. The van der Waals surface area contributed by atoms with Gasteiger partial charge in [-0.05, 0) is 83.3 Å². The molecule has 0 heterocycles. The largest absolute Gasteiger partial charge is 0.497 e. The SMILES string of the molecule is COc1ccc(F)c(-c2c(F)cc(COc3ccccc3CCC(=O)O)cc2C2=CCCC2(C)C)c1.